The first-order valence-corrected chi connectivity index (χ1v) is 7.32. The lowest BCUT2D eigenvalue weighted by molar-refractivity contribution is 0.0679. The van der Waals surface area contributed by atoms with Gasteiger partial charge >= 0.3 is 0 Å². The Balaban J connectivity index is 1.72. The highest BCUT2D eigenvalue weighted by Crippen LogP contribution is 2.33. The fourth-order valence-electron chi connectivity index (χ4n) is 3.03. The molecule has 0 unspecified atom stereocenters. The van der Waals surface area contributed by atoms with Gasteiger partial charge in [0.25, 0.3) is 5.91 Å². The Morgan fingerprint density at radius 1 is 1.15 bits per heavy atom. The first kappa shape index (κ1) is 13.3. The van der Waals surface area contributed by atoms with E-state index in [2.05, 4.69) is 6.92 Å². The van der Waals surface area contributed by atoms with Crippen LogP contribution in [0.5, 0.6) is 11.5 Å². The predicted molar refractivity (Wildman–Crippen MR) is 76.1 cm³/mol. The first-order valence-electron chi connectivity index (χ1n) is 7.32. The SMILES string of the molecule is CC1CCC(N(C)C(=O)c2ccc3c(c2)OCO3)CC1. The summed E-state index contributed by atoms with van der Waals surface area (Å²) in [7, 11) is 1.91. The minimum Gasteiger partial charge on any atom is -0.454 e. The van der Waals surface area contributed by atoms with E-state index in [9.17, 15) is 4.79 Å². The highest BCUT2D eigenvalue weighted by Gasteiger charge is 2.26. The van der Waals surface area contributed by atoms with Crippen molar-refractivity contribution in [3.8, 4) is 11.5 Å². The zero-order valence-corrected chi connectivity index (χ0v) is 12.1. The van der Waals surface area contributed by atoms with E-state index in [1.807, 2.05) is 24.1 Å². The lowest BCUT2D eigenvalue weighted by atomic mass is 9.86. The summed E-state index contributed by atoms with van der Waals surface area (Å²) in [4.78, 5) is 14.4. The van der Waals surface area contributed by atoms with Crippen LogP contribution in [-0.4, -0.2) is 30.7 Å². The molecule has 4 nitrogen and oxygen atoms in total. The summed E-state index contributed by atoms with van der Waals surface area (Å²) in [6.07, 6.45) is 4.63. The topological polar surface area (TPSA) is 38.8 Å². The Morgan fingerprint density at radius 2 is 1.85 bits per heavy atom. The molecule has 1 fully saturated rings. The van der Waals surface area contributed by atoms with Gasteiger partial charge in [-0.1, -0.05) is 6.92 Å². The lowest BCUT2D eigenvalue weighted by Crippen LogP contribution is -2.39. The summed E-state index contributed by atoms with van der Waals surface area (Å²) in [5, 5.41) is 0. The molecule has 0 aromatic heterocycles. The fraction of sp³-hybridized carbons (Fsp3) is 0.562. The second kappa shape index (κ2) is 5.35. The summed E-state index contributed by atoms with van der Waals surface area (Å²) in [5.74, 6) is 2.25. The maximum absolute atomic E-state index is 12.6. The van der Waals surface area contributed by atoms with E-state index in [-0.39, 0.29) is 12.7 Å². The molecule has 0 saturated heterocycles. The molecule has 1 aromatic rings. The van der Waals surface area contributed by atoms with Gasteiger partial charge in [0, 0.05) is 18.7 Å². The van der Waals surface area contributed by atoms with Crippen LogP contribution in [0.15, 0.2) is 18.2 Å². The van der Waals surface area contributed by atoms with Crippen molar-refractivity contribution < 1.29 is 14.3 Å². The summed E-state index contributed by atoms with van der Waals surface area (Å²) in [6.45, 7) is 2.53. The molecule has 3 rings (SSSR count). The van der Waals surface area contributed by atoms with Crippen molar-refractivity contribution in [3.05, 3.63) is 23.8 Å². The zero-order valence-electron chi connectivity index (χ0n) is 12.1. The molecule has 1 amide bonds. The van der Waals surface area contributed by atoms with Crippen molar-refractivity contribution in [3.63, 3.8) is 0 Å². The number of benzene rings is 1. The monoisotopic (exact) mass is 275 g/mol. The van der Waals surface area contributed by atoms with Gasteiger partial charge in [-0.15, -0.1) is 0 Å². The van der Waals surface area contributed by atoms with Crippen LogP contribution >= 0.6 is 0 Å². The van der Waals surface area contributed by atoms with Gasteiger partial charge in [-0.2, -0.15) is 0 Å². The van der Waals surface area contributed by atoms with Gasteiger partial charge in [0.1, 0.15) is 0 Å². The molecular formula is C16H21NO3. The van der Waals surface area contributed by atoms with E-state index in [1.54, 1.807) is 6.07 Å². The third kappa shape index (κ3) is 2.47. The van der Waals surface area contributed by atoms with Gasteiger partial charge in [0.15, 0.2) is 11.5 Å². The van der Waals surface area contributed by atoms with Crippen LogP contribution in [0.25, 0.3) is 0 Å². The first-order chi connectivity index (χ1) is 9.65. The normalized spacial score (nSPS) is 24.5. The van der Waals surface area contributed by atoms with E-state index >= 15 is 0 Å². The number of carbonyl (C=O) groups excluding carboxylic acids is 1. The van der Waals surface area contributed by atoms with Crippen molar-refractivity contribution in [2.45, 2.75) is 38.6 Å². The molecule has 1 aliphatic carbocycles. The molecule has 1 heterocycles. The fourth-order valence-corrected chi connectivity index (χ4v) is 3.03. The van der Waals surface area contributed by atoms with Crippen LogP contribution < -0.4 is 9.47 Å². The maximum atomic E-state index is 12.6. The van der Waals surface area contributed by atoms with Crippen molar-refractivity contribution in [2.24, 2.45) is 5.92 Å². The molecular weight excluding hydrogens is 254 g/mol. The van der Waals surface area contributed by atoms with Gasteiger partial charge in [-0.05, 0) is 49.8 Å². The molecule has 1 saturated carbocycles. The average molecular weight is 275 g/mol. The van der Waals surface area contributed by atoms with Gasteiger partial charge in [-0.3, -0.25) is 4.79 Å². The second-order valence-electron chi connectivity index (χ2n) is 5.90. The van der Waals surface area contributed by atoms with Gasteiger partial charge in [-0.25, -0.2) is 0 Å². The van der Waals surface area contributed by atoms with E-state index in [0.29, 0.717) is 17.4 Å². The van der Waals surface area contributed by atoms with E-state index in [0.717, 1.165) is 24.5 Å². The van der Waals surface area contributed by atoms with Crippen LogP contribution in [0.1, 0.15) is 43.0 Å². The summed E-state index contributed by atoms with van der Waals surface area (Å²) in [5.41, 5.74) is 0.676. The highest BCUT2D eigenvalue weighted by molar-refractivity contribution is 5.95. The molecule has 108 valence electrons. The Bertz CT molecular complexity index is 506. The smallest absolute Gasteiger partial charge is 0.253 e. The van der Waals surface area contributed by atoms with Gasteiger partial charge in [0.05, 0.1) is 0 Å². The number of hydrogen-bond donors (Lipinski definition) is 0. The Labute approximate surface area is 119 Å². The lowest BCUT2D eigenvalue weighted by Gasteiger charge is -2.33. The number of amides is 1. The minimum absolute atomic E-state index is 0.0721. The number of carbonyl (C=O) groups is 1. The van der Waals surface area contributed by atoms with Crippen LogP contribution in [0.4, 0.5) is 0 Å². The highest BCUT2D eigenvalue weighted by atomic mass is 16.7. The van der Waals surface area contributed by atoms with Crippen LogP contribution in [0.2, 0.25) is 0 Å². The van der Waals surface area contributed by atoms with Crippen molar-refractivity contribution in [2.75, 3.05) is 13.8 Å². The molecule has 1 aromatic carbocycles. The molecule has 0 bridgehead atoms. The van der Waals surface area contributed by atoms with Crippen LogP contribution in [0, 0.1) is 5.92 Å². The molecule has 1 aliphatic heterocycles. The number of nitrogens with zero attached hydrogens (tertiary/aromatic N) is 1. The number of hydrogen-bond acceptors (Lipinski definition) is 3. The number of ether oxygens (including phenoxy) is 2. The van der Waals surface area contributed by atoms with Crippen molar-refractivity contribution >= 4 is 5.91 Å². The predicted octanol–water partition coefficient (Wildman–Crippen LogP) is 3.07. The van der Waals surface area contributed by atoms with E-state index < -0.39 is 0 Å². The van der Waals surface area contributed by atoms with E-state index in [4.69, 9.17) is 9.47 Å². The quantitative estimate of drug-likeness (QED) is 0.832. The Hall–Kier alpha value is -1.71. The third-order valence-corrected chi connectivity index (χ3v) is 4.47. The molecule has 0 N–H and O–H groups in total. The maximum Gasteiger partial charge on any atom is 0.253 e. The minimum atomic E-state index is 0.0721. The largest absolute Gasteiger partial charge is 0.454 e. The van der Waals surface area contributed by atoms with Crippen molar-refractivity contribution in [1.82, 2.24) is 4.90 Å². The second-order valence-corrected chi connectivity index (χ2v) is 5.90. The summed E-state index contributed by atoms with van der Waals surface area (Å²) >= 11 is 0. The summed E-state index contributed by atoms with van der Waals surface area (Å²) < 4.78 is 10.6. The molecule has 0 atom stereocenters. The standard InChI is InChI=1S/C16H21NO3/c1-11-3-6-13(7-4-11)17(2)16(18)12-5-8-14-15(9-12)20-10-19-14/h5,8-9,11,13H,3-4,6-7,10H2,1-2H3. The Morgan fingerprint density at radius 3 is 2.60 bits per heavy atom. The zero-order chi connectivity index (χ0) is 14.1. The van der Waals surface area contributed by atoms with Crippen LogP contribution in [0.3, 0.4) is 0 Å². The van der Waals surface area contributed by atoms with Gasteiger partial charge < -0.3 is 14.4 Å². The molecule has 0 radical (unpaired) electrons. The van der Waals surface area contributed by atoms with Gasteiger partial charge in [0.2, 0.25) is 6.79 Å². The average Bonchev–Trinajstić information content (AvgIpc) is 2.94. The Kier molecular flexibility index (Phi) is 3.55. The van der Waals surface area contributed by atoms with Crippen LogP contribution in [-0.2, 0) is 0 Å². The molecule has 20 heavy (non-hydrogen) atoms. The number of fused-ring (bicyclic) bond motifs is 1. The number of rotatable bonds is 2. The van der Waals surface area contributed by atoms with Crippen molar-refractivity contribution in [1.29, 1.82) is 0 Å². The molecule has 4 heteroatoms. The molecule has 0 spiro atoms. The van der Waals surface area contributed by atoms with E-state index in [1.165, 1.54) is 12.8 Å². The summed E-state index contributed by atoms with van der Waals surface area (Å²) in [6, 6.07) is 5.78. The third-order valence-electron chi connectivity index (χ3n) is 4.47. The molecule has 2 aliphatic rings.